The van der Waals surface area contributed by atoms with Gasteiger partial charge in [-0.25, -0.2) is 0 Å². The first kappa shape index (κ1) is 16.3. The van der Waals surface area contributed by atoms with Crippen molar-refractivity contribution in [3.05, 3.63) is 16.3 Å². The first-order valence-corrected chi connectivity index (χ1v) is 10.1. The summed E-state index contributed by atoms with van der Waals surface area (Å²) < 4.78 is 5.43. The van der Waals surface area contributed by atoms with Gasteiger partial charge >= 0.3 is 0 Å². The predicted molar refractivity (Wildman–Crippen MR) is 92.0 cm³/mol. The van der Waals surface area contributed by atoms with E-state index in [4.69, 9.17) is 4.74 Å². The van der Waals surface area contributed by atoms with Crippen LogP contribution in [0.1, 0.15) is 28.9 Å². The molecule has 4 nitrogen and oxygen atoms in total. The Morgan fingerprint density at radius 3 is 2.95 bits per heavy atom. The smallest absolute Gasteiger partial charge is 0.265 e. The van der Waals surface area contributed by atoms with Crippen LogP contribution in [0.3, 0.4) is 0 Å². The highest BCUT2D eigenvalue weighted by Gasteiger charge is 2.30. The van der Waals surface area contributed by atoms with Crippen LogP contribution in [0.2, 0.25) is 0 Å². The Morgan fingerprint density at radius 1 is 1.36 bits per heavy atom. The third-order valence-corrected chi connectivity index (χ3v) is 6.32. The quantitative estimate of drug-likeness (QED) is 0.789. The van der Waals surface area contributed by atoms with Crippen molar-refractivity contribution in [3.63, 3.8) is 0 Å². The van der Waals surface area contributed by atoms with Gasteiger partial charge in [-0.1, -0.05) is 0 Å². The molecule has 2 fully saturated rings. The molecule has 0 radical (unpaired) electrons. The maximum Gasteiger partial charge on any atom is 0.265 e. The van der Waals surface area contributed by atoms with Crippen LogP contribution < -0.4 is 0 Å². The number of hydrogen-bond donors (Lipinski definition) is 0. The minimum Gasteiger partial charge on any atom is -0.379 e. The maximum atomic E-state index is 13.0. The molecule has 122 valence electrons. The average molecular weight is 341 g/mol. The van der Waals surface area contributed by atoms with Crippen LogP contribution in [0.5, 0.6) is 0 Å². The molecule has 0 saturated carbocycles. The largest absolute Gasteiger partial charge is 0.379 e. The molecule has 2 aliphatic rings. The number of thiophene rings is 1. The summed E-state index contributed by atoms with van der Waals surface area (Å²) in [5.41, 5.74) is 0. The summed E-state index contributed by atoms with van der Waals surface area (Å²) in [7, 11) is 0. The number of thioether (sulfide) groups is 1. The zero-order chi connectivity index (χ0) is 15.4. The van der Waals surface area contributed by atoms with Crippen LogP contribution in [0.15, 0.2) is 16.3 Å². The van der Waals surface area contributed by atoms with E-state index >= 15 is 0 Å². The molecule has 1 atom stereocenters. The van der Waals surface area contributed by atoms with Crippen LogP contribution in [-0.4, -0.2) is 67.4 Å². The molecule has 3 rings (SSSR count). The Hall–Kier alpha value is -0.560. The number of morpholine rings is 1. The summed E-state index contributed by atoms with van der Waals surface area (Å²) in [6.45, 7) is 5.53. The van der Waals surface area contributed by atoms with E-state index in [1.807, 2.05) is 11.6 Å². The molecule has 0 N–H and O–H groups in total. The molecule has 22 heavy (non-hydrogen) atoms. The van der Waals surface area contributed by atoms with Gasteiger partial charge in [0.2, 0.25) is 0 Å². The van der Waals surface area contributed by atoms with Crippen molar-refractivity contribution in [1.29, 1.82) is 0 Å². The van der Waals surface area contributed by atoms with Gasteiger partial charge in [-0.05, 0) is 37.0 Å². The van der Waals surface area contributed by atoms with Crippen molar-refractivity contribution in [2.24, 2.45) is 0 Å². The summed E-state index contributed by atoms with van der Waals surface area (Å²) in [4.78, 5) is 19.6. The molecule has 0 spiro atoms. The van der Waals surface area contributed by atoms with Gasteiger partial charge in [0.1, 0.15) is 4.88 Å². The summed E-state index contributed by atoms with van der Waals surface area (Å²) in [5, 5.41) is 2.03. The van der Waals surface area contributed by atoms with Crippen molar-refractivity contribution < 1.29 is 9.53 Å². The number of rotatable bonds is 4. The fraction of sp³-hybridized carbons (Fsp3) is 0.688. The number of ether oxygens (including phenoxy) is 1. The van der Waals surface area contributed by atoms with E-state index in [0.29, 0.717) is 6.04 Å². The normalized spacial score (nSPS) is 23.7. The number of piperidine rings is 1. The predicted octanol–water partition coefficient (Wildman–Crippen LogP) is 2.80. The highest BCUT2D eigenvalue weighted by molar-refractivity contribution is 7.98. The van der Waals surface area contributed by atoms with Crippen LogP contribution in [-0.2, 0) is 4.74 Å². The van der Waals surface area contributed by atoms with Gasteiger partial charge in [-0.2, -0.15) is 0 Å². The molecular weight excluding hydrogens is 316 g/mol. The van der Waals surface area contributed by atoms with Crippen molar-refractivity contribution in [2.45, 2.75) is 30.2 Å². The minimum atomic E-state index is 0.234. The summed E-state index contributed by atoms with van der Waals surface area (Å²) in [5.74, 6) is 0.234. The lowest BCUT2D eigenvalue weighted by Gasteiger charge is -2.39. The minimum absolute atomic E-state index is 0.234. The van der Waals surface area contributed by atoms with Crippen molar-refractivity contribution in [3.8, 4) is 0 Å². The third kappa shape index (κ3) is 3.67. The van der Waals surface area contributed by atoms with Crippen molar-refractivity contribution in [1.82, 2.24) is 9.80 Å². The molecule has 3 heterocycles. The Kier molecular flexibility index (Phi) is 5.79. The van der Waals surface area contributed by atoms with E-state index in [1.54, 1.807) is 23.1 Å². The highest BCUT2D eigenvalue weighted by Crippen LogP contribution is 2.29. The molecule has 6 heteroatoms. The van der Waals surface area contributed by atoms with Crippen LogP contribution in [0, 0.1) is 0 Å². The summed E-state index contributed by atoms with van der Waals surface area (Å²) >= 11 is 3.25. The van der Waals surface area contributed by atoms with E-state index in [9.17, 15) is 4.79 Å². The second-order valence-electron chi connectivity index (χ2n) is 5.88. The number of carbonyl (C=O) groups excluding carboxylic acids is 1. The molecule has 2 saturated heterocycles. The maximum absolute atomic E-state index is 13.0. The van der Waals surface area contributed by atoms with E-state index in [-0.39, 0.29) is 5.91 Å². The van der Waals surface area contributed by atoms with Gasteiger partial charge in [0.05, 0.1) is 13.2 Å². The van der Waals surface area contributed by atoms with Gasteiger partial charge in [0.15, 0.2) is 0 Å². The number of likely N-dealkylation sites (tertiary alicyclic amines) is 1. The Balaban J connectivity index is 1.70. The monoisotopic (exact) mass is 340 g/mol. The van der Waals surface area contributed by atoms with Crippen molar-refractivity contribution in [2.75, 3.05) is 45.6 Å². The third-order valence-electron chi connectivity index (χ3n) is 4.50. The van der Waals surface area contributed by atoms with Crippen LogP contribution in [0.4, 0.5) is 0 Å². The summed E-state index contributed by atoms with van der Waals surface area (Å²) in [6, 6.07) is 2.42. The zero-order valence-electron chi connectivity index (χ0n) is 13.1. The fourth-order valence-corrected chi connectivity index (χ4v) is 4.98. The molecule has 0 aromatic carbocycles. The first-order chi connectivity index (χ1) is 10.8. The molecular formula is C16H24N2O2S2. The molecule has 1 aromatic heterocycles. The topological polar surface area (TPSA) is 32.8 Å². The van der Waals surface area contributed by atoms with Gasteiger partial charge in [0, 0.05) is 37.1 Å². The Labute approximate surface area is 140 Å². The molecule has 0 bridgehead atoms. The fourth-order valence-electron chi connectivity index (χ4n) is 3.28. The van der Waals surface area contributed by atoms with Gasteiger partial charge < -0.3 is 9.64 Å². The second kappa shape index (κ2) is 7.81. The Morgan fingerprint density at radius 2 is 2.18 bits per heavy atom. The lowest BCUT2D eigenvalue weighted by molar-refractivity contribution is 0.0166. The van der Waals surface area contributed by atoms with E-state index in [0.717, 1.165) is 62.0 Å². The van der Waals surface area contributed by atoms with Gasteiger partial charge in [-0.15, -0.1) is 23.1 Å². The summed E-state index contributed by atoms with van der Waals surface area (Å²) in [6.07, 6.45) is 5.53. The molecule has 1 unspecified atom stereocenters. The SMILES string of the molecule is CSc1ccsc1C(=O)N1CCCCC1CN1CCOCC1. The van der Waals surface area contributed by atoms with E-state index in [2.05, 4.69) is 15.9 Å². The van der Waals surface area contributed by atoms with Crippen molar-refractivity contribution >= 4 is 29.0 Å². The standard InChI is InChI=1S/C16H24N2O2S2/c1-21-14-5-11-22-15(14)16(19)18-6-3-2-4-13(18)12-17-7-9-20-10-8-17/h5,11,13H,2-4,6-10,12H2,1H3. The zero-order valence-corrected chi connectivity index (χ0v) is 14.8. The number of carbonyl (C=O) groups is 1. The number of nitrogens with zero attached hydrogens (tertiary/aromatic N) is 2. The van der Waals surface area contributed by atoms with E-state index < -0.39 is 0 Å². The number of hydrogen-bond acceptors (Lipinski definition) is 5. The second-order valence-corrected chi connectivity index (χ2v) is 7.64. The molecule has 1 aromatic rings. The van der Waals surface area contributed by atoms with E-state index in [1.165, 1.54) is 6.42 Å². The number of amides is 1. The lowest BCUT2D eigenvalue weighted by Crippen LogP contribution is -2.51. The van der Waals surface area contributed by atoms with Gasteiger partial charge in [0.25, 0.3) is 5.91 Å². The van der Waals surface area contributed by atoms with Crippen LogP contribution >= 0.6 is 23.1 Å². The lowest BCUT2D eigenvalue weighted by atomic mass is 10.0. The first-order valence-electron chi connectivity index (χ1n) is 8.02. The van der Waals surface area contributed by atoms with Gasteiger partial charge in [-0.3, -0.25) is 9.69 Å². The molecule has 1 amide bonds. The molecule has 2 aliphatic heterocycles. The van der Waals surface area contributed by atoms with Crippen LogP contribution in [0.25, 0.3) is 0 Å². The average Bonchev–Trinajstić information content (AvgIpc) is 3.04. The molecule has 0 aliphatic carbocycles. The Bertz CT molecular complexity index is 500. The highest BCUT2D eigenvalue weighted by atomic mass is 32.2.